The molecule has 4 fully saturated rings. The largest absolute Gasteiger partial charge is 0.347 e. The molecule has 0 radical (unpaired) electrons. The molecule has 1 heterocycles. The molecule has 3 saturated carbocycles. The molecule has 1 aromatic carbocycles. The summed E-state index contributed by atoms with van der Waals surface area (Å²) < 4.78 is 58.2. The Balaban J connectivity index is 1.66. The molecule has 4 aliphatic rings. The van der Waals surface area contributed by atoms with Crippen LogP contribution in [0.1, 0.15) is 67.8 Å². The monoisotopic (exact) mass is 478 g/mol. The van der Waals surface area contributed by atoms with Crippen LogP contribution in [-0.4, -0.2) is 37.3 Å². The Morgan fingerprint density at radius 2 is 1.79 bits per heavy atom. The van der Waals surface area contributed by atoms with Gasteiger partial charge in [-0.1, -0.05) is 12.6 Å². The van der Waals surface area contributed by atoms with Crippen molar-refractivity contribution >= 4 is 21.8 Å². The smallest absolute Gasteiger partial charge is 0.301 e. The van der Waals surface area contributed by atoms with E-state index in [1.165, 1.54) is 17.3 Å². The summed E-state index contributed by atoms with van der Waals surface area (Å²) in [5, 5.41) is 12.5. The second-order valence-electron chi connectivity index (χ2n) is 9.60. The Hall–Kier alpha value is -2.51. The van der Waals surface area contributed by atoms with Gasteiger partial charge in [-0.15, -0.1) is 0 Å². The predicted molar refractivity (Wildman–Crippen MR) is 120 cm³/mol. The molecule has 1 saturated heterocycles. The van der Waals surface area contributed by atoms with E-state index in [9.17, 15) is 27.3 Å². The van der Waals surface area contributed by atoms with Crippen LogP contribution in [-0.2, 0) is 16.1 Å². The third-order valence-electron chi connectivity index (χ3n) is 7.42. The number of anilines is 1. The molecule has 178 valence electrons. The summed E-state index contributed by atoms with van der Waals surface area (Å²) in [6.45, 7) is 5.28. The molecule has 1 aliphatic heterocycles. The Morgan fingerprint density at radius 3 is 2.27 bits per heavy atom. The summed E-state index contributed by atoms with van der Waals surface area (Å²) in [5.74, 6) is -3.98. The minimum Gasteiger partial charge on any atom is -0.347 e. The Kier molecular flexibility index (Phi) is 5.78. The van der Waals surface area contributed by atoms with Gasteiger partial charge in [-0.05, 0) is 69.6 Å². The minimum atomic E-state index is -3.89. The van der Waals surface area contributed by atoms with Crippen LogP contribution in [0.4, 0.5) is 14.5 Å². The highest BCUT2D eigenvalue weighted by molar-refractivity contribution is 7.90. The normalized spacial score (nSPS) is 27.3. The fourth-order valence-electron chi connectivity index (χ4n) is 4.84. The molecular formula is C23H28F2N4O3S. The van der Waals surface area contributed by atoms with Crippen molar-refractivity contribution in [2.45, 2.75) is 63.3 Å². The molecule has 10 heteroatoms. The van der Waals surface area contributed by atoms with E-state index in [0.29, 0.717) is 51.6 Å². The molecule has 3 aliphatic carbocycles. The number of fused-ring (bicyclic) bond motifs is 3. The Labute approximate surface area is 193 Å². The zero-order valence-corrected chi connectivity index (χ0v) is 19.4. The number of alkyl halides is 2. The number of hydrogen-bond donors (Lipinski definition) is 2. The molecule has 5 rings (SSSR count). The second-order valence-corrected chi connectivity index (χ2v) is 11.3. The third-order valence-corrected chi connectivity index (χ3v) is 8.94. The van der Waals surface area contributed by atoms with Gasteiger partial charge in [0.25, 0.3) is 11.8 Å². The number of rotatable bonds is 7. The van der Waals surface area contributed by atoms with Crippen molar-refractivity contribution in [2.75, 3.05) is 17.8 Å². The van der Waals surface area contributed by atoms with Crippen molar-refractivity contribution in [3.05, 3.63) is 41.5 Å². The number of allylic oxidation sites excluding steroid dienone is 1. The quantitative estimate of drug-likeness (QED) is 0.577. The van der Waals surface area contributed by atoms with E-state index in [-0.39, 0.29) is 22.2 Å². The summed E-state index contributed by atoms with van der Waals surface area (Å²) in [5.41, 5.74) is -1.87. The van der Waals surface area contributed by atoms with Crippen molar-refractivity contribution in [2.24, 2.45) is 5.41 Å². The molecular weight excluding hydrogens is 450 g/mol. The lowest BCUT2D eigenvalue weighted by Crippen LogP contribution is -2.56. The van der Waals surface area contributed by atoms with Gasteiger partial charge in [0.15, 0.2) is 0 Å². The second kappa shape index (κ2) is 8.06. The first-order valence-corrected chi connectivity index (χ1v) is 12.6. The number of benzene rings is 1. The first-order chi connectivity index (χ1) is 15.4. The topological polar surface area (TPSA) is 102 Å². The summed E-state index contributed by atoms with van der Waals surface area (Å²) in [6.07, 6.45) is 4.64. The van der Waals surface area contributed by atoms with Crippen LogP contribution in [0.5, 0.6) is 0 Å². The predicted octanol–water partition coefficient (Wildman–Crippen LogP) is 4.06. The number of halogens is 2. The fourth-order valence-corrected chi connectivity index (χ4v) is 6.17. The average Bonchev–Trinajstić information content (AvgIpc) is 2.73. The number of hydrogen-bond acceptors (Lipinski definition) is 4. The number of amides is 1. The van der Waals surface area contributed by atoms with Gasteiger partial charge in [-0.25, -0.2) is 0 Å². The number of carbonyl (C=O) groups excluding carboxylic acids is 1. The molecule has 7 nitrogen and oxygen atoms in total. The van der Waals surface area contributed by atoms with Crippen molar-refractivity contribution in [1.82, 2.24) is 9.62 Å². The van der Waals surface area contributed by atoms with Crippen LogP contribution >= 0.6 is 0 Å². The number of nitrogens with zero attached hydrogens (tertiary/aromatic N) is 2. The standard InChI is InChI=1S/C23H28F2N4O3S/c1-16(2)23(24,25)17-4-5-19(28-33(31,32)29-12-3-13-29)18(14-17)20(30)27-22-9-6-21(15-26,7-10-22)8-11-22/h4-5,14,28H,1,3,6-13H2,2H3,(H,27,30). The molecule has 2 N–H and O–H groups in total. The van der Waals surface area contributed by atoms with Gasteiger partial charge in [0, 0.05) is 24.2 Å². The van der Waals surface area contributed by atoms with E-state index in [2.05, 4.69) is 22.7 Å². The molecule has 0 aromatic heterocycles. The third kappa shape index (κ3) is 4.24. The zero-order chi connectivity index (χ0) is 24.1. The van der Waals surface area contributed by atoms with Gasteiger partial charge >= 0.3 is 10.2 Å². The maximum Gasteiger partial charge on any atom is 0.301 e. The van der Waals surface area contributed by atoms with Gasteiger partial charge in [-0.2, -0.15) is 26.8 Å². The lowest BCUT2D eigenvalue weighted by molar-refractivity contribution is 0.0384. The number of carbonyl (C=O) groups is 1. The van der Waals surface area contributed by atoms with E-state index >= 15 is 0 Å². The first kappa shape index (κ1) is 23.6. The summed E-state index contributed by atoms with van der Waals surface area (Å²) in [6, 6.07) is 5.77. The highest BCUT2D eigenvalue weighted by Crippen LogP contribution is 2.52. The Morgan fingerprint density at radius 1 is 1.18 bits per heavy atom. The number of nitrogens with one attached hydrogen (secondary N) is 2. The summed E-state index contributed by atoms with van der Waals surface area (Å²) >= 11 is 0. The van der Waals surface area contributed by atoms with Crippen molar-refractivity contribution in [3.63, 3.8) is 0 Å². The Bertz CT molecular complexity index is 1110. The molecule has 2 bridgehead atoms. The molecule has 0 unspecified atom stereocenters. The summed E-state index contributed by atoms with van der Waals surface area (Å²) in [4.78, 5) is 13.4. The highest BCUT2D eigenvalue weighted by Gasteiger charge is 2.49. The van der Waals surface area contributed by atoms with Gasteiger partial charge in [0.2, 0.25) is 0 Å². The number of nitriles is 1. The zero-order valence-electron chi connectivity index (χ0n) is 18.6. The lowest BCUT2D eigenvalue weighted by atomic mass is 9.58. The minimum absolute atomic E-state index is 0.0462. The van der Waals surface area contributed by atoms with Gasteiger partial charge in [0.05, 0.1) is 22.7 Å². The summed E-state index contributed by atoms with van der Waals surface area (Å²) in [7, 11) is -3.89. The van der Waals surface area contributed by atoms with Crippen LogP contribution in [0.2, 0.25) is 0 Å². The van der Waals surface area contributed by atoms with E-state index in [0.717, 1.165) is 18.6 Å². The van der Waals surface area contributed by atoms with E-state index in [1.807, 2.05) is 0 Å². The lowest BCUT2D eigenvalue weighted by Gasteiger charge is -2.50. The van der Waals surface area contributed by atoms with E-state index < -0.39 is 33.1 Å². The van der Waals surface area contributed by atoms with Crippen LogP contribution in [0.3, 0.4) is 0 Å². The van der Waals surface area contributed by atoms with Crippen LogP contribution in [0.25, 0.3) is 0 Å². The first-order valence-electron chi connectivity index (χ1n) is 11.1. The molecule has 1 aromatic rings. The molecule has 0 spiro atoms. The van der Waals surface area contributed by atoms with Crippen LogP contribution in [0, 0.1) is 16.7 Å². The van der Waals surface area contributed by atoms with Crippen LogP contribution in [0.15, 0.2) is 30.4 Å². The SMILES string of the molecule is C=C(C)C(F)(F)c1ccc(NS(=O)(=O)N2CCC2)c(C(=O)NC23CCC(C#N)(CC2)CC3)c1. The van der Waals surface area contributed by atoms with Crippen LogP contribution < -0.4 is 10.0 Å². The van der Waals surface area contributed by atoms with Crippen molar-refractivity contribution in [3.8, 4) is 6.07 Å². The van der Waals surface area contributed by atoms with Gasteiger partial charge in [0.1, 0.15) is 0 Å². The van der Waals surface area contributed by atoms with Crippen molar-refractivity contribution in [1.29, 1.82) is 5.26 Å². The van der Waals surface area contributed by atoms with Gasteiger partial charge < -0.3 is 5.32 Å². The van der Waals surface area contributed by atoms with E-state index in [4.69, 9.17) is 0 Å². The highest BCUT2D eigenvalue weighted by atomic mass is 32.2. The fraction of sp³-hybridized carbons (Fsp3) is 0.565. The maximum atomic E-state index is 14.7. The molecule has 1 amide bonds. The van der Waals surface area contributed by atoms with Gasteiger partial charge in [-0.3, -0.25) is 9.52 Å². The molecule has 33 heavy (non-hydrogen) atoms. The average molecular weight is 479 g/mol. The molecule has 0 atom stereocenters. The maximum absolute atomic E-state index is 14.7. The van der Waals surface area contributed by atoms with E-state index in [1.54, 1.807) is 0 Å². The van der Waals surface area contributed by atoms with Crippen molar-refractivity contribution < 1.29 is 22.0 Å².